The Morgan fingerprint density at radius 1 is 1.20 bits per heavy atom. The zero-order valence-corrected chi connectivity index (χ0v) is 13.4. The number of methoxy groups -OCH3 is 1. The van der Waals surface area contributed by atoms with E-state index < -0.39 is 0 Å². The van der Waals surface area contributed by atoms with Gasteiger partial charge in [0.05, 0.1) is 7.11 Å². The average molecular weight is 283 g/mol. The first kappa shape index (κ1) is 17.1. The van der Waals surface area contributed by atoms with Gasteiger partial charge in [0, 0.05) is 51.4 Å². The highest BCUT2D eigenvalue weighted by Gasteiger charge is 2.16. The normalized spacial score (nSPS) is 18.6. The van der Waals surface area contributed by atoms with Crippen LogP contribution in [0.15, 0.2) is 11.6 Å². The van der Waals surface area contributed by atoms with Crippen molar-refractivity contribution in [3.63, 3.8) is 0 Å². The van der Waals surface area contributed by atoms with Gasteiger partial charge in [-0.25, -0.2) is 4.79 Å². The molecule has 20 heavy (non-hydrogen) atoms. The Bertz CT molecular complexity index is 321. The SMILES string of the molecule is CCC(=CCN1CCN(CCN(C)C)CC1)C(=O)OC. The molecule has 5 nitrogen and oxygen atoms in total. The second-order valence-corrected chi connectivity index (χ2v) is 5.52. The number of ether oxygens (including phenoxy) is 1. The summed E-state index contributed by atoms with van der Waals surface area (Å²) in [6.45, 7) is 9.45. The van der Waals surface area contributed by atoms with Gasteiger partial charge >= 0.3 is 5.97 Å². The third kappa shape index (κ3) is 6.03. The van der Waals surface area contributed by atoms with E-state index >= 15 is 0 Å². The van der Waals surface area contributed by atoms with Crippen LogP contribution in [0.5, 0.6) is 0 Å². The molecule has 0 amide bonds. The summed E-state index contributed by atoms with van der Waals surface area (Å²) >= 11 is 0. The molecule has 0 unspecified atom stereocenters. The molecular weight excluding hydrogens is 254 g/mol. The van der Waals surface area contributed by atoms with Crippen molar-refractivity contribution in [2.24, 2.45) is 0 Å². The third-order valence-corrected chi connectivity index (χ3v) is 3.75. The lowest BCUT2D eigenvalue weighted by atomic mass is 10.2. The molecule has 0 aliphatic carbocycles. The van der Waals surface area contributed by atoms with E-state index in [1.165, 1.54) is 7.11 Å². The van der Waals surface area contributed by atoms with Crippen molar-refractivity contribution in [2.75, 3.05) is 67.0 Å². The lowest BCUT2D eigenvalue weighted by Crippen LogP contribution is -2.47. The van der Waals surface area contributed by atoms with E-state index in [9.17, 15) is 4.79 Å². The van der Waals surface area contributed by atoms with Gasteiger partial charge in [0.2, 0.25) is 0 Å². The number of carbonyl (C=O) groups is 1. The predicted octanol–water partition coefficient (Wildman–Crippen LogP) is 0.675. The molecule has 0 N–H and O–H groups in total. The zero-order valence-electron chi connectivity index (χ0n) is 13.4. The molecule has 0 atom stereocenters. The summed E-state index contributed by atoms with van der Waals surface area (Å²) in [6, 6.07) is 0. The Kier molecular flexibility index (Phi) is 7.80. The van der Waals surface area contributed by atoms with Gasteiger partial charge in [-0.05, 0) is 20.5 Å². The third-order valence-electron chi connectivity index (χ3n) is 3.75. The summed E-state index contributed by atoms with van der Waals surface area (Å²) in [4.78, 5) is 18.6. The molecule has 1 saturated heterocycles. The van der Waals surface area contributed by atoms with Crippen LogP contribution in [0.3, 0.4) is 0 Å². The summed E-state index contributed by atoms with van der Waals surface area (Å²) in [5, 5.41) is 0. The molecule has 1 rings (SSSR count). The maximum atomic E-state index is 11.5. The summed E-state index contributed by atoms with van der Waals surface area (Å²) in [7, 11) is 5.66. The minimum Gasteiger partial charge on any atom is -0.466 e. The van der Waals surface area contributed by atoms with Crippen molar-refractivity contribution in [1.29, 1.82) is 0 Å². The smallest absolute Gasteiger partial charge is 0.333 e. The summed E-state index contributed by atoms with van der Waals surface area (Å²) in [6.07, 6.45) is 2.75. The number of esters is 1. The lowest BCUT2D eigenvalue weighted by Gasteiger charge is -2.34. The lowest BCUT2D eigenvalue weighted by molar-refractivity contribution is -0.136. The Labute approximate surface area is 123 Å². The Morgan fingerprint density at radius 2 is 1.80 bits per heavy atom. The first-order chi connectivity index (χ1) is 9.56. The molecule has 1 fully saturated rings. The topological polar surface area (TPSA) is 36.0 Å². The summed E-state index contributed by atoms with van der Waals surface area (Å²) < 4.78 is 4.78. The number of rotatable bonds is 7. The summed E-state index contributed by atoms with van der Waals surface area (Å²) in [5.74, 6) is -0.197. The van der Waals surface area contributed by atoms with Crippen LogP contribution < -0.4 is 0 Å². The van der Waals surface area contributed by atoms with E-state index in [0.29, 0.717) is 0 Å². The highest BCUT2D eigenvalue weighted by atomic mass is 16.5. The predicted molar refractivity (Wildman–Crippen MR) is 81.8 cm³/mol. The Morgan fingerprint density at radius 3 is 2.30 bits per heavy atom. The molecular formula is C15H29N3O2. The number of carbonyl (C=O) groups excluding carboxylic acids is 1. The van der Waals surface area contributed by atoms with Crippen LogP contribution in [0, 0.1) is 0 Å². The van der Waals surface area contributed by atoms with Gasteiger partial charge in [0.1, 0.15) is 0 Å². The van der Waals surface area contributed by atoms with Gasteiger partial charge in [-0.3, -0.25) is 9.80 Å². The van der Waals surface area contributed by atoms with Crippen LogP contribution in [-0.4, -0.2) is 87.7 Å². The molecule has 0 spiro atoms. The second kappa shape index (κ2) is 9.10. The van der Waals surface area contributed by atoms with Crippen LogP contribution in [-0.2, 0) is 9.53 Å². The molecule has 116 valence electrons. The number of nitrogens with zero attached hydrogens (tertiary/aromatic N) is 3. The quantitative estimate of drug-likeness (QED) is 0.507. The second-order valence-electron chi connectivity index (χ2n) is 5.52. The van der Waals surface area contributed by atoms with Crippen molar-refractivity contribution in [2.45, 2.75) is 13.3 Å². The fourth-order valence-electron chi connectivity index (χ4n) is 2.28. The van der Waals surface area contributed by atoms with Gasteiger partial charge < -0.3 is 9.64 Å². The minimum absolute atomic E-state index is 0.197. The van der Waals surface area contributed by atoms with Crippen molar-refractivity contribution in [1.82, 2.24) is 14.7 Å². The molecule has 1 heterocycles. The van der Waals surface area contributed by atoms with Crippen molar-refractivity contribution in [3.8, 4) is 0 Å². The Hall–Kier alpha value is -0.910. The van der Waals surface area contributed by atoms with Gasteiger partial charge in [-0.15, -0.1) is 0 Å². The average Bonchev–Trinajstić information content (AvgIpc) is 2.46. The molecule has 0 saturated carbocycles. The molecule has 0 bridgehead atoms. The molecule has 1 aliphatic rings. The van der Waals surface area contributed by atoms with Crippen LogP contribution >= 0.6 is 0 Å². The number of piperazine rings is 1. The van der Waals surface area contributed by atoms with E-state index in [-0.39, 0.29) is 5.97 Å². The van der Waals surface area contributed by atoms with Gasteiger partial charge in [-0.2, -0.15) is 0 Å². The molecule has 0 aromatic rings. The number of likely N-dealkylation sites (N-methyl/N-ethyl adjacent to an activating group) is 1. The maximum Gasteiger partial charge on any atom is 0.333 e. The standard InChI is InChI=1S/C15H29N3O2/c1-5-14(15(19)20-4)6-7-17-10-12-18(13-11-17)9-8-16(2)3/h6H,5,7-13H2,1-4H3. The highest BCUT2D eigenvalue weighted by molar-refractivity contribution is 5.88. The monoisotopic (exact) mass is 283 g/mol. The van der Waals surface area contributed by atoms with E-state index in [2.05, 4.69) is 28.8 Å². The fraction of sp³-hybridized carbons (Fsp3) is 0.800. The van der Waals surface area contributed by atoms with Crippen molar-refractivity contribution >= 4 is 5.97 Å². The molecule has 1 aliphatic heterocycles. The van der Waals surface area contributed by atoms with Crippen molar-refractivity contribution < 1.29 is 9.53 Å². The van der Waals surface area contributed by atoms with Crippen LogP contribution in [0.2, 0.25) is 0 Å². The molecule has 0 aromatic carbocycles. The largest absolute Gasteiger partial charge is 0.466 e. The van der Waals surface area contributed by atoms with E-state index in [1.807, 2.05) is 13.0 Å². The van der Waals surface area contributed by atoms with E-state index in [0.717, 1.165) is 57.8 Å². The molecule has 0 aromatic heterocycles. The number of hydrogen-bond acceptors (Lipinski definition) is 5. The fourth-order valence-corrected chi connectivity index (χ4v) is 2.28. The Balaban J connectivity index is 2.31. The van der Waals surface area contributed by atoms with Gasteiger partial charge in [0.15, 0.2) is 0 Å². The molecule has 0 radical (unpaired) electrons. The maximum absolute atomic E-state index is 11.5. The highest BCUT2D eigenvalue weighted by Crippen LogP contribution is 2.06. The van der Waals surface area contributed by atoms with Gasteiger partial charge in [-0.1, -0.05) is 13.0 Å². The van der Waals surface area contributed by atoms with Gasteiger partial charge in [0.25, 0.3) is 0 Å². The first-order valence-electron chi connectivity index (χ1n) is 7.43. The first-order valence-corrected chi connectivity index (χ1v) is 7.43. The van der Waals surface area contributed by atoms with E-state index in [4.69, 9.17) is 4.74 Å². The summed E-state index contributed by atoms with van der Waals surface area (Å²) in [5.41, 5.74) is 0.780. The van der Waals surface area contributed by atoms with Crippen molar-refractivity contribution in [3.05, 3.63) is 11.6 Å². The van der Waals surface area contributed by atoms with Crippen LogP contribution in [0.1, 0.15) is 13.3 Å². The van der Waals surface area contributed by atoms with E-state index in [1.54, 1.807) is 0 Å². The minimum atomic E-state index is -0.197. The van der Waals surface area contributed by atoms with Crippen LogP contribution in [0.25, 0.3) is 0 Å². The zero-order chi connectivity index (χ0) is 15.0. The molecule has 5 heteroatoms. The number of hydrogen-bond donors (Lipinski definition) is 0. The van der Waals surface area contributed by atoms with Crippen LogP contribution in [0.4, 0.5) is 0 Å².